The number of nitrogens with one attached hydrogen (secondary N) is 2. The molecule has 4 rings (SSSR count). The summed E-state index contributed by atoms with van der Waals surface area (Å²) in [6.45, 7) is 4.07. The number of nitrogens with two attached hydrogens (primary N) is 1. The molecule has 0 spiro atoms. The summed E-state index contributed by atoms with van der Waals surface area (Å²) in [4.78, 5) is 29.4. The van der Waals surface area contributed by atoms with Gasteiger partial charge in [-0.15, -0.1) is 0 Å². The van der Waals surface area contributed by atoms with Crippen LogP contribution in [-0.4, -0.2) is 59.0 Å². The van der Waals surface area contributed by atoms with Crippen molar-refractivity contribution in [2.45, 2.75) is 0 Å². The number of piperazine rings is 1. The topological polar surface area (TPSA) is 112 Å². The number of rotatable bonds is 6. The molecule has 0 radical (unpaired) electrons. The third-order valence-corrected chi connectivity index (χ3v) is 4.97. The van der Waals surface area contributed by atoms with Crippen molar-refractivity contribution in [3.8, 4) is 0 Å². The molecular weight excluding hydrogens is 380 g/mol. The van der Waals surface area contributed by atoms with Crippen LogP contribution in [0.2, 0.25) is 0 Å². The van der Waals surface area contributed by atoms with Crippen molar-refractivity contribution in [1.82, 2.24) is 19.9 Å². The van der Waals surface area contributed by atoms with E-state index in [1.54, 1.807) is 18.3 Å². The third kappa shape index (κ3) is 4.64. The number of pyridine rings is 3. The van der Waals surface area contributed by atoms with Crippen LogP contribution in [0.4, 0.5) is 28.8 Å². The van der Waals surface area contributed by atoms with Crippen LogP contribution in [0, 0.1) is 0 Å². The van der Waals surface area contributed by atoms with E-state index >= 15 is 0 Å². The first-order valence-corrected chi connectivity index (χ1v) is 9.73. The zero-order valence-corrected chi connectivity index (χ0v) is 16.7. The molecule has 1 saturated heterocycles. The number of likely N-dealkylation sites (N-methyl/N-ethyl adjacent to an activating group) is 1. The number of hydrogen-bond donors (Lipinski definition) is 3. The SMILES string of the molecule is CN1CCN(c2ccc(Nc3cc(Nc4ccccn4)c(C(N)=O)cn3)nc2)CC1. The lowest BCUT2D eigenvalue weighted by atomic mass is 10.2. The molecule has 0 saturated carbocycles. The Kier molecular flexibility index (Phi) is 5.71. The van der Waals surface area contributed by atoms with Gasteiger partial charge in [0.15, 0.2) is 0 Å². The van der Waals surface area contributed by atoms with Crippen LogP contribution in [0.25, 0.3) is 0 Å². The maximum absolute atomic E-state index is 11.8. The van der Waals surface area contributed by atoms with Crippen LogP contribution >= 0.6 is 0 Å². The predicted octanol–water partition coefficient (Wildman–Crippen LogP) is 2.21. The summed E-state index contributed by atoms with van der Waals surface area (Å²) in [5, 5.41) is 6.28. The van der Waals surface area contributed by atoms with Crippen LogP contribution in [0.5, 0.6) is 0 Å². The van der Waals surface area contributed by atoms with E-state index in [-0.39, 0.29) is 5.56 Å². The molecule has 1 aliphatic rings. The van der Waals surface area contributed by atoms with Gasteiger partial charge < -0.3 is 26.2 Å². The molecule has 30 heavy (non-hydrogen) atoms. The first-order valence-electron chi connectivity index (χ1n) is 9.73. The summed E-state index contributed by atoms with van der Waals surface area (Å²) < 4.78 is 0. The minimum atomic E-state index is -0.567. The maximum Gasteiger partial charge on any atom is 0.252 e. The summed E-state index contributed by atoms with van der Waals surface area (Å²) in [6, 6.07) is 11.2. The lowest BCUT2D eigenvalue weighted by molar-refractivity contribution is 0.100. The highest BCUT2D eigenvalue weighted by Gasteiger charge is 2.15. The van der Waals surface area contributed by atoms with E-state index in [0.717, 1.165) is 31.9 Å². The van der Waals surface area contributed by atoms with Gasteiger partial charge in [-0.1, -0.05) is 6.07 Å². The molecule has 4 N–H and O–H groups in total. The van der Waals surface area contributed by atoms with E-state index in [1.165, 1.54) is 6.20 Å². The number of carbonyl (C=O) groups is 1. The number of aromatic nitrogens is 3. The standard InChI is InChI=1S/C21H24N8O/c1-28-8-10-29(11-9-28)15-5-6-19(24-13-15)27-20-12-17(16(14-25-20)21(22)30)26-18-4-2-3-7-23-18/h2-7,12-14H,8-11H2,1H3,(H2,22,30)(H2,23,24,25,26,27). The number of primary amides is 1. The van der Waals surface area contributed by atoms with Gasteiger partial charge in [-0.05, 0) is 31.3 Å². The summed E-state index contributed by atoms with van der Waals surface area (Å²) in [6.07, 6.45) is 4.96. The van der Waals surface area contributed by atoms with E-state index in [9.17, 15) is 4.79 Å². The minimum absolute atomic E-state index is 0.282. The van der Waals surface area contributed by atoms with Crippen LogP contribution < -0.4 is 21.3 Å². The average Bonchev–Trinajstić information content (AvgIpc) is 2.76. The van der Waals surface area contributed by atoms with Crippen LogP contribution in [0.1, 0.15) is 10.4 Å². The van der Waals surface area contributed by atoms with Gasteiger partial charge >= 0.3 is 0 Å². The first-order chi connectivity index (χ1) is 14.6. The molecule has 0 bridgehead atoms. The first kappa shape index (κ1) is 19.6. The summed E-state index contributed by atoms with van der Waals surface area (Å²) >= 11 is 0. The normalized spacial score (nSPS) is 14.4. The molecule has 4 heterocycles. The smallest absolute Gasteiger partial charge is 0.252 e. The lowest BCUT2D eigenvalue weighted by Gasteiger charge is -2.33. The number of nitrogens with zero attached hydrogens (tertiary/aromatic N) is 5. The van der Waals surface area contributed by atoms with Gasteiger partial charge in [-0.25, -0.2) is 15.0 Å². The Bertz CT molecular complexity index is 1000. The van der Waals surface area contributed by atoms with Crippen molar-refractivity contribution < 1.29 is 4.79 Å². The second-order valence-corrected chi connectivity index (χ2v) is 7.14. The highest BCUT2D eigenvalue weighted by Crippen LogP contribution is 2.24. The summed E-state index contributed by atoms with van der Waals surface area (Å²) in [7, 11) is 2.14. The van der Waals surface area contributed by atoms with Crippen LogP contribution in [0.3, 0.4) is 0 Å². The molecule has 9 nitrogen and oxygen atoms in total. The largest absolute Gasteiger partial charge is 0.368 e. The van der Waals surface area contributed by atoms with Crippen LogP contribution in [0.15, 0.2) is 55.0 Å². The average molecular weight is 404 g/mol. The molecule has 0 atom stereocenters. The fourth-order valence-electron chi connectivity index (χ4n) is 3.24. The van der Waals surface area contributed by atoms with Crippen molar-refractivity contribution in [2.75, 3.05) is 48.8 Å². The van der Waals surface area contributed by atoms with Gasteiger partial charge in [0.1, 0.15) is 17.5 Å². The maximum atomic E-state index is 11.8. The Morgan fingerprint density at radius 3 is 2.37 bits per heavy atom. The Morgan fingerprint density at radius 2 is 1.70 bits per heavy atom. The molecule has 0 aliphatic carbocycles. The quantitative estimate of drug-likeness (QED) is 0.573. The van der Waals surface area contributed by atoms with Gasteiger partial charge in [0, 0.05) is 44.6 Å². The zero-order chi connectivity index (χ0) is 20.9. The summed E-state index contributed by atoms with van der Waals surface area (Å²) in [5.74, 6) is 1.24. The Labute approximate surface area is 175 Å². The molecular formula is C21H24N8O. The zero-order valence-electron chi connectivity index (χ0n) is 16.7. The van der Waals surface area contributed by atoms with Crippen molar-refractivity contribution >= 4 is 34.7 Å². The Hall–Kier alpha value is -3.72. The summed E-state index contributed by atoms with van der Waals surface area (Å²) in [5.41, 5.74) is 7.39. The highest BCUT2D eigenvalue weighted by molar-refractivity contribution is 5.99. The van der Waals surface area contributed by atoms with E-state index < -0.39 is 5.91 Å². The Morgan fingerprint density at radius 1 is 0.933 bits per heavy atom. The molecule has 3 aromatic heterocycles. The van der Waals surface area contributed by atoms with E-state index in [2.05, 4.69) is 42.4 Å². The molecule has 1 aliphatic heterocycles. The van der Waals surface area contributed by atoms with Gasteiger partial charge in [0.25, 0.3) is 5.91 Å². The predicted molar refractivity (Wildman–Crippen MR) is 118 cm³/mol. The fraction of sp³-hybridized carbons (Fsp3) is 0.238. The van der Waals surface area contributed by atoms with Crippen LogP contribution in [-0.2, 0) is 0 Å². The third-order valence-electron chi connectivity index (χ3n) is 4.97. The number of carbonyl (C=O) groups excluding carboxylic acids is 1. The van der Waals surface area contributed by atoms with Crippen molar-refractivity contribution in [1.29, 1.82) is 0 Å². The van der Waals surface area contributed by atoms with Crippen molar-refractivity contribution in [3.05, 3.63) is 60.6 Å². The molecule has 3 aromatic rings. The lowest BCUT2D eigenvalue weighted by Crippen LogP contribution is -2.44. The fourth-order valence-corrected chi connectivity index (χ4v) is 3.24. The van der Waals surface area contributed by atoms with Gasteiger partial charge in [0.05, 0.1) is 23.1 Å². The minimum Gasteiger partial charge on any atom is -0.368 e. The molecule has 9 heteroatoms. The second kappa shape index (κ2) is 8.75. The van der Waals surface area contributed by atoms with Gasteiger partial charge in [-0.3, -0.25) is 4.79 Å². The molecule has 0 unspecified atom stereocenters. The van der Waals surface area contributed by atoms with Crippen molar-refractivity contribution in [2.24, 2.45) is 5.73 Å². The molecule has 1 amide bonds. The monoisotopic (exact) mass is 404 g/mol. The number of anilines is 5. The van der Waals surface area contributed by atoms with Gasteiger partial charge in [0.2, 0.25) is 0 Å². The second-order valence-electron chi connectivity index (χ2n) is 7.14. The molecule has 154 valence electrons. The van der Waals surface area contributed by atoms with Crippen molar-refractivity contribution in [3.63, 3.8) is 0 Å². The molecule has 1 fully saturated rings. The van der Waals surface area contributed by atoms with Gasteiger partial charge in [-0.2, -0.15) is 0 Å². The van der Waals surface area contributed by atoms with E-state index in [4.69, 9.17) is 5.73 Å². The van der Waals surface area contributed by atoms with E-state index in [1.807, 2.05) is 30.5 Å². The Balaban J connectivity index is 1.50. The number of hydrogen-bond acceptors (Lipinski definition) is 8. The highest BCUT2D eigenvalue weighted by atomic mass is 16.1. The molecule has 0 aromatic carbocycles. The number of amides is 1. The van der Waals surface area contributed by atoms with E-state index in [0.29, 0.717) is 23.1 Å².